The van der Waals surface area contributed by atoms with Crippen molar-refractivity contribution in [2.45, 2.75) is 58.4 Å². The number of nitrogens with zero attached hydrogens (tertiary/aromatic N) is 1. The van der Waals surface area contributed by atoms with Gasteiger partial charge in [0.2, 0.25) is 5.89 Å². The summed E-state index contributed by atoms with van der Waals surface area (Å²) >= 11 is 0. The summed E-state index contributed by atoms with van der Waals surface area (Å²) in [7, 11) is 0. The maximum absolute atomic E-state index is 6.16. The molecule has 1 saturated carbocycles. The van der Waals surface area contributed by atoms with E-state index in [-0.39, 0.29) is 11.0 Å². The first-order chi connectivity index (χ1) is 10.4. The quantitative estimate of drug-likeness (QED) is 0.829. The van der Waals surface area contributed by atoms with Crippen molar-refractivity contribution in [3.63, 3.8) is 0 Å². The molecule has 1 aromatic heterocycles. The first-order valence-corrected chi connectivity index (χ1v) is 8.55. The molecule has 3 nitrogen and oxygen atoms in total. The van der Waals surface area contributed by atoms with Crippen molar-refractivity contribution in [2.24, 2.45) is 10.8 Å². The van der Waals surface area contributed by atoms with Gasteiger partial charge in [0.25, 0.3) is 0 Å². The van der Waals surface area contributed by atoms with Crippen LogP contribution in [0.4, 0.5) is 0 Å². The number of fused-ring (bicyclic) bond motifs is 1. The molecule has 4 rings (SSSR count). The van der Waals surface area contributed by atoms with Gasteiger partial charge in [-0.15, -0.1) is 0 Å². The maximum Gasteiger partial charge on any atom is 0.215 e. The van der Waals surface area contributed by atoms with Crippen LogP contribution in [0.1, 0.15) is 70.2 Å². The summed E-state index contributed by atoms with van der Waals surface area (Å²) in [5.41, 5.74) is 1.39. The number of aromatic nitrogens is 1. The molecular formula is C19H26N2O. The second-order valence-electron chi connectivity index (χ2n) is 8.33. The van der Waals surface area contributed by atoms with Crippen LogP contribution >= 0.6 is 0 Å². The van der Waals surface area contributed by atoms with Gasteiger partial charge in [0.1, 0.15) is 5.69 Å². The lowest BCUT2D eigenvalue weighted by Crippen LogP contribution is -2.33. The van der Waals surface area contributed by atoms with Crippen molar-refractivity contribution >= 4 is 12.2 Å². The van der Waals surface area contributed by atoms with E-state index in [0.717, 1.165) is 30.3 Å². The summed E-state index contributed by atoms with van der Waals surface area (Å²) in [6.45, 7) is 7.74. The fourth-order valence-electron chi connectivity index (χ4n) is 4.35. The Morgan fingerprint density at radius 3 is 2.59 bits per heavy atom. The highest BCUT2D eigenvalue weighted by Crippen LogP contribution is 2.50. The molecule has 0 amide bonds. The Labute approximate surface area is 132 Å². The van der Waals surface area contributed by atoms with Crippen molar-refractivity contribution in [1.82, 2.24) is 10.3 Å². The molecule has 1 aromatic rings. The minimum atomic E-state index is -0.117. The molecular weight excluding hydrogens is 272 g/mol. The van der Waals surface area contributed by atoms with Crippen LogP contribution in [0, 0.1) is 10.8 Å². The fraction of sp³-hybridized carbons (Fsp3) is 0.632. The van der Waals surface area contributed by atoms with Gasteiger partial charge >= 0.3 is 0 Å². The van der Waals surface area contributed by atoms with E-state index < -0.39 is 0 Å². The van der Waals surface area contributed by atoms with Gasteiger partial charge < -0.3 is 9.73 Å². The molecule has 1 aliphatic heterocycles. The Balaban J connectivity index is 1.64. The summed E-state index contributed by atoms with van der Waals surface area (Å²) < 4.78 is 6.16. The summed E-state index contributed by atoms with van der Waals surface area (Å²) in [4.78, 5) is 4.82. The van der Waals surface area contributed by atoms with E-state index in [9.17, 15) is 0 Å². The van der Waals surface area contributed by atoms with E-state index >= 15 is 0 Å². The molecule has 1 atom stereocenters. The summed E-state index contributed by atoms with van der Waals surface area (Å²) in [6.07, 6.45) is 15.2. The predicted octanol–water partition coefficient (Wildman–Crippen LogP) is 4.51. The van der Waals surface area contributed by atoms with Crippen LogP contribution in [0.5, 0.6) is 0 Å². The van der Waals surface area contributed by atoms with E-state index in [1.165, 1.54) is 25.7 Å². The second kappa shape index (κ2) is 4.58. The summed E-state index contributed by atoms with van der Waals surface area (Å²) in [5, 5.41) is 3.72. The molecule has 0 aromatic carbocycles. The third-order valence-electron chi connectivity index (χ3n) is 5.73. The molecule has 0 bridgehead atoms. The van der Waals surface area contributed by atoms with E-state index in [1.807, 2.05) is 0 Å². The number of hydrogen-bond donors (Lipinski definition) is 1. The number of rotatable bonds is 1. The van der Waals surface area contributed by atoms with Gasteiger partial charge in [0.05, 0.1) is 5.54 Å². The zero-order chi connectivity index (χ0) is 15.4. The van der Waals surface area contributed by atoms with Crippen LogP contribution in [0.25, 0.3) is 12.2 Å². The molecule has 2 aliphatic carbocycles. The normalized spacial score (nSPS) is 31.6. The molecule has 1 unspecified atom stereocenters. The van der Waals surface area contributed by atoms with Gasteiger partial charge in [-0.1, -0.05) is 38.8 Å². The van der Waals surface area contributed by atoms with Crippen molar-refractivity contribution in [3.05, 3.63) is 29.5 Å². The molecule has 2 fully saturated rings. The first kappa shape index (κ1) is 14.3. The number of oxazole rings is 1. The zero-order valence-electron chi connectivity index (χ0n) is 13.9. The number of allylic oxidation sites excluding steroid dienone is 2. The lowest BCUT2D eigenvalue weighted by molar-refractivity contribution is 0.267. The number of nitrogens with one attached hydrogen (secondary N) is 1. The summed E-state index contributed by atoms with van der Waals surface area (Å²) in [5.74, 6) is 1.75. The van der Waals surface area contributed by atoms with Gasteiger partial charge in [-0.2, -0.15) is 0 Å². The SMILES string of the molecule is CC1(C)C=Cc2nc(C3(C)CC4(CCCC4)CN3)oc2C=C1. The third kappa shape index (κ3) is 2.26. The van der Waals surface area contributed by atoms with Gasteiger partial charge in [-0.05, 0) is 43.8 Å². The molecule has 1 N–H and O–H groups in total. The lowest BCUT2D eigenvalue weighted by Gasteiger charge is -2.24. The maximum atomic E-state index is 6.16. The van der Waals surface area contributed by atoms with Gasteiger partial charge in [-0.3, -0.25) is 0 Å². The van der Waals surface area contributed by atoms with Crippen LogP contribution in [0.2, 0.25) is 0 Å². The van der Waals surface area contributed by atoms with E-state index in [4.69, 9.17) is 9.40 Å². The van der Waals surface area contributed by atoms with Gasteiger partial charge in [-0.25, -0.2) is 4.98 Å². The van der Waals surface area contributed by atoms with Crippen LogP contribution < -0.4 is 5.32 Å². The highest BCUT2D eigenvalue weighted by Gasteiger charge is 2.49. The Morgan fingerprint density at radius 2 is 1.82 bits per heavy atom. The molecule has 0 radical (unpaired) electrons. The summed E-state index contributed by atoms with van der Waals surface area (Å²) in [6, 6.07) is 0. The molecule has 1 saturated heterocycles. The third-order valence-corrected chi connectivity index (χ3v) is 5.73. The van der Waals surface area contributed by atoms with Crippen molar-refractivity contribution in [1.29, 1.82) is 0 Å². The highest BCUT2D eigenvalue weighted by atomic mass is 16.4. The Hall–Kier alpha value is -1.35. The van der Waals surface area contributed by atoms with Crippen molar-refractivity contribution in [2.75, 3.05) is 6.54 Å². The standard InChI is InChI=1S/C19H26N2O/c1-17(2)10-6-14-15(7-11-17)22-16(21-14)18(3)12-19(13-20-18)8-4-5-9-19/h6-7,10-11,20H,4-5,8-9,12-13H2,1-3H3. The smallest absolute Gasteiger partial charge is 0.215 e. The largest absolute Gasteiger partial charge is 0.439 e. The Bertz CT molecular complexity index is 613. The molecule has 3 heteroatoms. The van der Waals surface area contributed by atoms with Gasteiger partial charge in [0.15, 0.2) is 5.76 Å². The van der Waals surface area contributed by atoms with Gasteiger partial charge in [0, 0.05) is 12.0 Å². The minimum Gasteiger partial charge on any atom is -0.439 e. The van der Waals surface area contributed by atoms with Crippen LogP contribution in [0.3, 0.4) is 0 Å². The van der Waals surface area contributed by atoms with E-state index in [1.54, 1.807) is 0 Å². The van der Waals surface area contributed by atoms with Crippen molar-refractivity contribution in [3.8, 4) is 0 Å². The zero-order valence-corrected chi connectivity index (χ0v) is 13.9. The fourth-order valence-corrected chi connectivity index (χ4v) is 4.35. The molecule has 22 heavy (non-hydrogen) atoms. The molecule has 3 aliphatic rings. The van der Waals surface area contributed by atoms with E-state index in [0.29, 0.717) is 5.41 Å². The topological polar surface area (TPSA) is 38.1 Å². The van der Waals surface area contributed by atoms with Crippen molar-refractivity contribution < 1.29 is 4.42 Å². The first-order valence-electron chi connectivity index (χ1n) is 8.55. The highest BCUT2D eigenvalue weighted by molar-refractivity contribution is 5.62. The lowest BCUT2D eigenvalue weighted by atomic mass is 9.80. The average molecular weight is 298 g/mol. The monoisotopic (exact) mass is 298 g/mol. The minimum absolute atomic E-state index is 0.0623. The molecule has 118 valence electrons. The van der Waals surface area contributed by atoms with Crippen LogP contribution in [-0.4, -0.2) is 11.5 Å². The Kier molecular flexibility index (Phi) is 2.96. The van der Waals surface area contributed by atoms with Crippen LogP contribution in [-0.2, 0) is 5.54 Å². The predicted molar refractivity (Wildman–Crippen MR) is 89.2 cm³/mol. The van der Waals surface area contributed by atoms with Crippen LogP contribution in [0.15, 0.2) is 16.6 Å². The molecule has 2 heterocycles. The van der Waals surface area contributed by atoms with E-state index in [2.05, 4.69) is 50.4 Å². The number of hydrogen-bond acceptors (Lipinski definition) is 3. The Morgan fingerprint density at radius 1 is 1.09 bits per heavy atom. The average Bonchev–Trinajstić information content (AvgIpc) is 3.14. The molecule has 1 spiro atoms. The second-order valence-corrected chi connectivity index (χ2v) is 8.33.